The predicted molar refractivity (Wildman–Crippen MR) is 66.6 cm³/mol. The molecule has 1 aromatic carbocycles. The molecule has 0 unspecified atom stereocenters. The highest BCUT2D eigenvalue weighted by Crippen LogP contribution is 2.22. The molecular formula is C13H14FNOS. The van der Waals surface area contributed by atoms with E-state index in [4.69, 9.17) is 5.11 Å². The van der Waals surface area contributed by atoms with Gasteiger partial charge in [-0.3, -0.25) is 0 Å². The summed E-state index contributed by atoms with van der Waals surface area (Å²) in [5.41, 5.74) is 1.37. The molecule has 0 bridgehead atoms. The van der Waals surface area contributed by atoms with E-state index in [1.54, 1.807) is 23.5 Å². The fourth-order valence-electron chi connectivity index (χ4n) is 1.72. The van der Waals surface area contributed by atoms with Crippen molar-refractivity contribution in [3.05, 3.63) is 51.2 Å². The van der Waals surface area contributed by atoms with Gasteiger partial charge in [-0.15, -0.1) is 11.3 Å². The minimum absolute atomic E-state index is 0.0447. The second-order valence-electron chi connectivity index (χ2n) is 3.76. The number of aromatic nitrogens is 1. The average Bonchev–Trinajstić information content (AvgIpc) is 2.74. The van der Waals surface area contributed by atoms with Gasteiger partial charge in [-0.1, -0.05) is 25.1 Å². The number of aliphatic hydroxyl groups is 1. The summed E-state index contributed by atoms with van der Waals surface area (Å²) in [5, 5.41) is 10.0. The van der Waals surface area contributed by atoms with E-state index in [1.807, 2.05) is 13.0 Å². The largest absolute Gasteiger partial charge is 0.390 e. The summed E-state index contributed by atoms with van der Waals surface area (Å²) < 4.78 is 13.5. The van der Waals surface area contributed by atoms with Gasteiger partial charge in [-0.25, -0.2) is 9.37 Å². The van der Waals surface area contributed by atoms with Gasteiger partial charge in [0.05, 0.1) is 17.3 Å². The standard InChI is InChI=1S/C13H14FNOS/c1-2-12-11(8-16)15-13(17-12)7-9-5-3-4-6-10(9)14/h3-6,16H,2,7-8H2,1H3. The summed E-state index contributed by atoms with van der Waals surface area (Å²) in [6.07, 6.45) is 1.34. The number of hydrogen-bond donors (Lipinski definition) is 1. The van der Waals surface area contributed by atoms with Crippen molar-refractivity contribution in [1.29, 1.82) is 0 Å². The monoisotopic (exact) mass is 251 g/mol. The van der Waals surface area contributed by atoms with E-state index in [2.05, 4.69) is 4.98 Å². The van der Waals surface area contributed by atoms with E-state index in [1.165, 1.54) is 6.07 Å². The van der Waals surface area contributed by atoms with Gasteiger partial charge in [-0.05, 0) is 18.1 Å². The van der Waals surface area contributed by atoms with Crippen LogP contribution in [-0.2, 0) is 19.4 Å². The summed E-state index contributed by atoms with van der Waals surface area (Å²) in [4.78, 5) is 5.42. The predicted octanol–water partition coefficient (Wildman–Crippen LogP) is 2.93. The van der Waals surface area contributed by atoms with Gasteiger partial charge in [0.1, 0.15) is 5.82 Å². The van der Waals surface area contributed by atoms with Crippen molar-refractivity contribution in [2.24, 2.45) is 0 Å². The Kier molecular flexibility index (Phi) is 3.86. The molecule has 0 radical (unpaired) electrons. The molecule has 2 rings (SSSR count). The normalized spacial score (nSPS) is 10.8. The van der Waals surface area contributed by atoms with E-state index >= 15 is 0 Å². The third-order valence-corrected chi connectivity index (χ3v) is 3.83. The Morgan fingerprint density at radius 1 is 1.35 bits per heavy atom. The van der Waals surface area contributed by atoms with Crippen LogP contribution in [0.15, 0.2) is 24.3 Å². The smallest absolute Gasteiger partial charge is 0.126 e. The van der Waals surface area contributed by atoms with Gasteiger partial charge in [0, 0.05) is 11.3 Å². The van der Waals surface area contributed by atoms with Gasteiger partial charge in [0.2, 0.25) is 0 Å². The van der Waals surface area contributed by atoms with Gasteiger partial charge in [-0.2, -0.15) is 0 Å². The van der Waals surface area contributed by atoms with Crippen molar-refractivity contribution >= 4 is 11.3 Å². The zero-order valence-electron chi connectivity index (χ0n) is 9.61. The van der Waals surface area contributed by atoms with Crippen LogP contribution in [-0.4, -0.2) is 10.1 Å². The molecule has 0 amide bonds. The molecule has 0 fully saturated rings. The van der Waals surface area contributed by atoms with Crippen LogP contribution in [0.4, 0.5) is 4.39 Å². The molecular weight excluding hydrogens is 237 g/mol. The van der Waals surface area contributed by atoms with Crippen LogP contribution in [0.5, 0.6) is 0 Å². The molecule has 0 atom stereocenters. The molecule has 1 aromatic heterocycles. The molecule has 0 spiro atoms. The first-order valence-corrected chi connectivity index (χ1v) is 6.38. The third-order valence-electron chi connectivity index (χ3n) is 2.59. The molecule has 4 heteroatoms. The van der Waals surface area contributed by atoms with Crippen LogP contribution in [0.1, 0.15) is 28.1 Å². The minimum atomic E-state index is -0.203. The van der Waals surface area contributed by atoms with Crippen LogP contribution in [0.25, 0.3) is 0 Å². The van der Waals surface area contributed by atoms with Gasteiger partial charge >= 0.3 is 0 Å². The maximum Gasteiger partial charge on any atom is 0.126 e. The fourth-order valence-corrected chi connectivity index (χ4v) is 2.76. The summed E-state index contributed by atoms with van der Waals surface area (Å²) in [6.45, 7) is 1.98. The molecule has 0 aliphatic carbocycles. The van der Waals surface area contributed by atoms with Crippen molar-refractivity contribution in [3.63, 3.8) is 0 Å². The second-order valence-corrected chi connectivity index (χ2v) is 4.93. The summed E-state index contributed by atoms with van der Waals surface area (Å²) in [6, 6.07) is 6.72. The lowest BCUT2D eigenvalue weighted by atomic mass is 10.1. The molecule has 1 N–H and O–H groups in total. The first kappa shape index (κ1) is 12.2. The average molecular weight is 251 g/mol. The second kappa shape index (κ2) is 5.38. The Morgan fingerprint density at radius 3 is 2.71 bits per heavy atom. The quantitative estimate of drug-likeness (QED) is 0.906. The van der Waals surface area contributed by atoms with Crippen LogP contribution in [0.3, 0.4) is 0 Å². The third kappa shape index (κ3) is 2.70. The number of thiazole rings is 1. The zero-order valence-corrected chi connectivity index (χ0v) is 10.4. The molecule has 1 heterocycles. The van der Waals surface area contributed by atoms with Gasteiger partial charge in [0.15, 0.2) is 0 Å². The maximum absolute atomic E-state index is 13.5. The van der Waals surface area contributed by atoms with E-state index in [0.29, 0.717) is 12.0 Å². The van der Waals surface area contributed by atoms with Crippen LogP contribution >= 0.6 is 11.3 Å². The van der Waals surface area contributed by atoms with Crippen molar-refractivity contribution < 1.29 is 9.50 Å². The lowest BCUT2D eigenvalue weighted by molar-refractivity contribution is 0.276. The molecule has 0 aliphatic rings. The van der Waals surface area contributed by atoms with E-state index < -0.39 is 0 Å². The Labute approximate surface area is 104 Å². The summed E-state index contributed by atoms with van der Waals surface area (Å²) >= 11 is 1.55. The number of rotatable bonds is 4. The number of aryl methyl sites for hydroxylation is 1. The van der Waals surface area contributed by atoms with Crippen LogP contribution in [0.2, 0.25) is 0 Å². The lowest BCUT2D eigenvalue weighted by Crippen LogP contribution is -1.93. The summed E-state index contributed by atoms with van der Waals surface area (Å²) in [7, 11) is 0. The topological polar surface area (TPSA) is 33.1 Å². The number of nitrogens with zero attached hydrogens (tertiary/aromatic N) is 1. The maximum atomic E-state index is 13.5. The van der Waals surface area contributed by atoms with E-state index in [-0.39, 0.29) is 12.4 Å². The first-order valence-electron chi connectivity index (χ1n) is 5.56. The number of halogens is 1. The fraction of sp³-hybridized carbons (Fsp3) is 0.308. The van der Waals surface area contributed by atoms with Crippen molar-refractivity contribution in [1.82, 2.24) is 4.98 Å². The molecule has 17 heavy (non-hydrogen) atoms. The Hall–Kier alpha value is -1.26. The lowest BCUT2D eigenvalue weighted by Gasteiger charge is -1.98. The highest BCUT2D eigenvalue weighted by molar-refractivity contribution is 7.11. The summed E-state index contributed by atoms with van der Waals surface area (Å²) in [5.74, 6) is -0.203. The van der Waals surface area contributed by atoms with E-state index in [0.717, 1.165) is 22.0 Å². The SMILES string of the molecule is CCc1sc(Cc2ccccc2F)nc1CO. The van der Waals surface area contributed by atoms with Gasteiger partial charge < -0.3 is 5.11 Å². The van der Waals surface area contributed by atoms with Crippen molar-refractivity contribution in [2.45, 2.75) is 26.4 Å². The molecule has 2 nitrogen and oxygen atoms in total. The van der Waals surface area contributed by atoms with Crippen molar-refractivity contribution in [2.75, 3.05) is 0 Å². The van der Waals surface area contributed by atoms with Crippen LogP contribution < -0.4 is 0 Å². The Bertz CT molecular complexity index is 488. The highest BCUT2D eigenvalue weighted by Gasteiger charge is 2.10. The van der Waals surface area contributed by atoms with Crippen molar-refractivity contribution in [3.8, 4) is 0 Å². The minimum Gasteiger partial charge on any atom is -0.390 e. The highest BCUT2D eigenvalue weighted by atomic mass is 32.1. The number of hydrogen-bond acceptors (Lipinski definition) is 3. The Balaban J connectivity index is 2.24. The van der Waals surface area contributed by atoms with E-state index in [9.17, 15) is 4.39 Å². The molecule has 0 saturated heterocycles. The van der Waals surface area contributed by atoms with Crippen LogP contribution in [0, 0.1) is 5.82 Å². The Morgan fingerprint density at radius 2 is 2.12 bits per heavy atom. The zero-order chi connectivity index (χ0) is 12.3. The molecule has 90 valence electrons. The molecule has 0 aliphatic heterocycles. The first-order chi connectivity index (χ1) is 8.24. The number of aliphatic hydroxyl groups excluding tert-OH is 1. The number of benzene rings is 1. The van der Waals surface area contributed by atoms with Gasteiger partial charge in [0.25, 0.3) is 0 Å². The molecule has 0 saturated carbocycles. The molecule has 2 aromatic rings.